The van der Waals surface area contributed by atoms with Crippen LogP contribution < -0.4 is 15.2 Å². The lowest BCUT2D eigenvalue weighted by atomic mass is 10.1. The van der Waals surface area contributed by atoms with E-state index in [0.29, 0.717) is 11.1 Å². The standard InChI is InChI=1S/C43H37Cl2N7O11S4/c1-62-35-21-33(51-49-25-17-29-27(39(19-25)66(5,58)59)9-7-11-37(29)64(3,54)55)31(44)13-23(35)15-41-46-42(48-43(53)47-41)16-24-14-32(45)34(22-36(24)63-2)52-50-26-18-30-28(40(20-26)67(6,60)61)10-8-12-38(30)65(4,56)57/h7-14,17-22H,15-16H2,1-6H3,(H,46,47,48,53). The monoisotopic (exact) mass is 1030 g/mol. The normalized spacial score (nSPS) is 12.7. The molecule has 6 aromatic carbocycles. The van der Waals surface area contributed by atoms with Crippen molar-refractivity contribution in [3.05, 3.63) is 128 Å². The molecule has 1 N–H and O–H groups in total. The molecular weight excluding hydrogens is 990 g/mol. The molecule has 0 atom stereocenters. The Morgan fingerprint density at radius 1 is 0.522 bits per heavy atom. The molecule has 7 aromatic rings. The van der Waals surface area contributed by atoms with Crippen LogP contribution in [0.5, 0.6) is 11.5 Å². The molecule has 0 aliphatic rings. The Kier molecular flexibility index (Phi) is 13.5. The van der Waals surface area contributed by atoms with E-state index in [0.717, 1.165) is 25.0 Å². The van der Waals surface area contributed by atoms with Gasteiger partial charge in [0, 0.05) is 82.7 Å². The fourth-order valence-electron chi connectivity index (χ4n) is 7.19. The molecule has 0 aliphatic carbocycles. The summed E-state index contributed by atoms with van der Waals surface area (Å²) >= 11 is 13.3. The van der Waals surface area contributed by atoms with Gasteiger partial charge in [0.15, 0.2) is 39.3 Å². The van der Waals surface area contributed by atoms with Gasteiger partial charge in [0.1, 0.15) is 34.5 Å². The van der Waals surface area contributed by atoms with Gasteiger partial charge in [-0.2, -0.15) is 15.2 Å². The van der Waals surface area contributed by atoms with Crippen LogP contribution in [-0.4, -0.2) is 87.9 Å². The minimum absolute atomic E-state index is 0.000446. The van der Waals surface area contributed by atoms with Gasteiger partial charge in [0.2, 0.25) is 0 Å². The van der Waals surface area contributed by atoms with Gasteiger partial charge in [-0.15, -0.1) is 10.2 Å². The zero-order valence-corrected chi connectivity index (χ0v) is 40.8. The third-order valence-corrected chi connectivity index (χ3v) is 15.3. The van der Waals surface area contributed by atoms with Crippen LogP contribution in [0.1, 0.15) is 22.8 Å². The molecule has 67 heavy (non-hydrogen) atoms. The molecule has 1 aromatic heterocycles. The van der Waals surface area contributed by atoms with Crippen molar-refractivity contribution in [2.45, 2.75) is 32.4 Å². The summed E-state index contributed by atoms with van der Waals surface area (Å²) in [5, 5.41) is 17.8. The predicted molar refractivity (Wildman–Crippen MR) is 253 cm³/mol. The third-order valence-electron chi connectivity index (χ3n) is 10.1. The zero-order chi connectivity index (χ0) is 48.8. The van der Waals surface area contributed by atoms with E-state index in [2.05, 4.69) is 35.4 Å². The van der Waals surface area contributed by atoms with Crippen molar-refractivity contribution >= 4 is 107 Å². The highest BCUT2D eigenvalue weighted by atomic mass is 35.5. The summed E-state index contributed by atoms with van der Waals surface area (Å²) in [7, 11) is -12.4. The molecule has 0 aliphatic heterocycles. The molecule has 18 nitrogen and oxygen atoms in total. The van der Waals surface area contributed by atoms with Gasteiger partial charge >= 0.3 is 5.69 Å². The lowest BCUT2D eigenvalue weighted by molar-refractivity contribution is 0.410. The van der Waals surface area contributed by atoms with Crippen LogP contribution in [0, 0.1) is 0 Å². The summed E-state index contributed by atoms with van der Waals surface area (Å²) in [4.78, 5) is 23.6. The van der Waals surface area contributed by atoms with Crippen molar-refractivity contribution in [2.75, 3.05) is 39.2 Å². The molecule has 0 saturated carbocycles. The first-order chi connectivity index (χ1) is 31.3. The number of methoxy groups -OCH3 is 2. The summed E-state index contributed by atoms with van der Waals surface area (Å²) in [6, 6.07) is 20.1. The van der Waals surface area contributed by atoms with Crippen LogP contribution in [0.15, 0.2) is 130 Å². The first-order valence-corrected chi connectivity index (χ1v) is 27.6. The van der Waals surface area contributed by atoms with Crippen molar-refractivity contribution in [3.8, 4) is 11.5 Å². The van der Waals surface area contributed by atoms with E-state index in [1.54, 1.807) is 0 Å². The lowest BCUT2D eigenvalue weighted by Crippen LogP contribution is -2.19. The van der Waals surface area contributed by atoms with E-state index in [1.807, 2.05) is 0 Å². The van der Waals surface area contributed by atoms with Gasteiger partial charge in [-0.05, 0) is 48.5 Å². The van der Waals surface area contributed by atoms with Crippen molar-refractivity contribution in [1.82, 2.24) is 15.0 Å². The number of halogens is 2. The molecule has 348 valence electrons. The Bertz CT molecular complexity index is 3550. The van der Waals surface area contributed by atoms with Crippen molar-refractivity contribution in [3.63, 3.8) is 0 Å². The fraction of sp³-hybridized carbons (Fsp3) is 0.186. The van der Waals surface area contributed by atoms with Crippen molar-refractivity contribution < 1.29 is 43.1 Å². The number of azo groups is 2. The average Bonchev–Trinajstić information content (AvgIpc) is 3.23. The predicted octanol–water partition coefficient (Wildman–Crippen LogP) is 8.42. The number of H-pyrrole nitrogens is 1. The van der Waals surface area contributed by atoms with Crippen LogP contribution in [0.4, 0.5) is 22.7 Å². The maximum atomic E-state index is 12.9. The zero-order valence-electron chi connectivity index (χ0n) is 36.1. The van der Waals surface area contributed by atoms with E-state index < -0.39 is 45.0 Å². The van der Waals surface area contributed by atoms with Crippen molar-refractivity contribution in [1.29, 1.82) is 0 Å². The lowest BCUT2D eigenvalue weighted by Gasteiger charge is -2.12. The number of nitrogens with one attached hydrogen (secondary N) is 1. The number of ether oxygens (including phenoxy) is 2. The highest BCUT2D eigenvalue weighted by Gasteiger charge is 2.22. The van der Waals surface area contributed by atoms with E-state index in [4.69, 9.17) is 32.7 Å². The van der Waals surface area contributed by atoms with E-state index >= 15 is 0 Å². The number of benzene rings is 6. The Balaban J connectivity index is 1.16. The summed E-state index contributed by atoms with van der Waals surface area (Å²) in [6.07, 6.45) is 4.00. The molecule has 0 saturated heterocycles. The quantitative estimate of drug-likeness (QED) is 0.100. The summed E-state index contributed by atoms with van der Waals surface area (Å²) in [5.74, 6) is 0.818. The minimum Gasteiger partial charge on any atom is -0.496 e. The second-order valence-electron chi connectivity index (χ2n) is 15.2. The SMILES string of the molecule is COc1cc(N=Nc2cc(S(C)(=O)=O)c3cccc(S(C)(=O)=O)c3c2)c(Cl)cc1Cc1nc(Cc2cc(Cl)c(N=Nc3cc(S(C)(=O)=O)c4cccc(S(C)(=O)=O)c4c3)cc2OC)[nH]c(=O)n1. The van der Waals surface area contributed by atoms with Crippen LogP contribution >= 0.6 is 23.2 Å². The van der Waals surface area contributed by atoms with Gasteiger partial charge in [0.25, 0.3) is 0 Å². The molecule has 0 unspecified atom stereocenters. The first kappa shape index (κ1) is 48.8. The summed E-state index contributed by atoms with van der Waals surface area (Å²) in [5.41, 5.74) is 0.566. The number of sulfone groups is 4. The van der Waals surface area contributed by atoms with Gasteiger partial charge < -0.3 is 9.47 Å². The van der Waals surface area contributed by atoms with Gasteiger partial charge in [-0.1, -0.05) is 47.5 Å². The average molecular weight is 1030 g/mol. The highest BCUT2D eigenvalue weighted by Crippen LogP contribution is 2.39. The molecule has 0 amide bonds. The van der Waals surface area contributed by atoms with E-state index in [1.165, 1.54) is 99.1 Å². The second kappa shape index (κ2) is 18.5. The highest BCUT2D eigenvalue weighted by molar-refractivity contribution is 7.92. The molecular formula is C43H37Cl2N7O11S4. The number of hydrogen-bond donors (Lipinski definition) is 1. The van der Waals surface area contributed by atoms with E-state index in [-0.39, 0.29) is 110 Å². The Labute approximate surface area is 394 Å². The number of nitrogens with zero attached hydrogens (tertiary/aromatic N) is 6. The van der Waals surface area contributed by atoms with Gasteiger partial charge in [-0.25, -0.2) is 43.4 Å². The largest absolute Gasteiger partial charge is 0.496 e. The molecule has 0 fully saturated rings. The topological polar surface area (TPSA) is 263 Å². The Hall–Kier alpha value is -6.17. The van der Waals surface area contributed by atoms with Crippen molar-refractivity contribution in [2.24, 2.45) is 20.5 Å². The molecule has 7 rings (SSSR count). The summed E-state index contributed by atoms with van der Waals surface area (Å²) < 4.78 is 113. The van der Waals surface area contributed by atoms with E-state index in [9.17, 15) is 38.5 Å². The van der Waals surface area contributed by atoms with Crippen LogP contribution in [0.3, 0.4) is 0 Å². The van der Waals surface area contributed by atoms with Crippen LogP contribution in [-0.2, 0) is 52.2 Å². The number of aromatic amines is 1. The fourth-order valence-corrected chi connectivity index (χ4v) is 11.2. The Morgan fingerprint density at radius 3 is 1.34 bits per heavy atom. The van der Waals surface area contributed by atoms with Gasteiger partial charge in [0.05, 0.1) is 55.2 Å². The molecule has 0 bridgehead atoms. The maximum absolute atomic E-state index is 12.9. The van der Waals surface area contributed by atoms with Crippen LogP contribution in [0.2, 0.25) is 10.0 Å². The molecule has 24 heteroatoms. The first-order valence-electron chi connectivity index (χ1n) is 19.3. The Morgan fingerprint density at radius 2 is 0.940 bits per heavy atom. The maximum Gasteiger partial charge on any atom is 0.348 e. The molecule has 0 spiro atoms. The second-order valence-corrected chi connectivity index (χ2v) is 23.9. The van der Waals surface area contributed by atoms with Crippen LogP contribution in [0.25, 0.3) is 21.5 Å². The number of hydrogen-bond acceptors (Lipinski definition) is 17. The smallest absolute Gasteiger partial charge is 0.348 e. The number of aromatic nitrogens is 3. The van der Waals surface area contributed by atoms with Gasteiger partial charge in [-0.3, -0.25) is 4.98 Å². The number of rotatable bonds is 14. The summed E-state index contributed by atoms with van der Waals surface area (Å²) in [6.45, 7) is 0. The minimum atomic E-state index is -3.83. The molecule has 1 heterocycles. The molecule has 0 radical (unpaired) electrons. The number of fused-ring (bicyclic) bond motifs is 2. The third kappa shape index (κ3) is 10.8.